The summed E-state index contributed by atoms with van der Waals surface area (Å²) in [6.07, 6.45) is 0.955. The number of phenols is 1. The molecule has 11 heavy (non-hydrogen) atoms. The molecule has 0 saturated carbocycles. The van der Waals surface area contributed by atoms with Gasteiger partial charge in [0.1, 0.15) is 5.75 Å². The molecule has 59 valence electrons. The summed E-state index contributed by atoms with van der Waals surface area (Å²) in [5.74, 6) is 0.321. The molecule has 0 bridgehead atoms. The Hall–Kier alpha value is -1.02. The fraction of sp³-hybridized carbons (Fsp3) is 0.333. The largest absolute Gasteiger partial charge is 0.508 e. The van der Waals surface area contributed by atoms with Crippen molar-refractivity contribution < 1.29 is 5.11 Å². The molecule has 0 saturated heterocycles. The summed E-state index contributed by atoms with van der Waals surface area (Å²) in [5, 5.41) is 12.9. The summed E-state index contributed by atoms with van der Waals surface area (Å²) >= 11 is 0. The van der Waals surface area contributed by atoms with Crippen LogP contribution in [0.25, 0.3) is 0 Å². The van der Waals surface area contributed by atoms with E-state index in [1.54, 1.807) is 19.2 Å². The molecule has 2 heteroatoms. The minimum absolute atomic E-state index is 0.321. The molecule has 0 atom stereocenters. The van der Waals surface area contributed by atoms with Gasteiger partial charge in [-0.3, -0.25) is 0 Å². The highest BCUT2D eigenvalue weighted by Crippen LogP contribution is 2.09. The Balaban J connectivity index is 2.52. The molecule has 0 spiro atoms. The van der Waals surface area contributed by atoms with E-state index >= 15 is 0 Å². The third-order valence-electron chi connectivity index (χ3n) is 1.56. The lowest BCUT2D eigenvalue weighted by Crippen LogP contribution is -2.02. The Morgan fingerprint density at radius 1 is 1.27 bits per heavy atom. The second kappa shape index (κ2) is 3.98. The van der Waals surface area contributed by atoms with E-state index in [0.717, 1.165) is 13.0 Å². The second-order valence-corrected chi connectivity index (χ2v) is 2.46. The SMILES string of the molecule is C[N]CCc1ccc(O)cc1. The molecule has 1 radical (unpaired) electrons. The van der Waals surface area contributed by atoms with E-state index in [9.17, 15) is 0 Å². The van der Waals surface area contributed by atoms with Crippen LogP contribution < -0.4 is 5.32 Å². The summed E-state index contributed by atoms with van der Waals surface area (Å²) in [6.45, 7) is 0.852. The first kappa shape index (κ1) is 8.08. The summed E-state index contributed by atoms with van der Waals surface area (Å²) in [5.41, 5.74) is 1.22. The van der Waals surface area contributed by atoms with Crippen LogP contribution in [-0.2, 0) is 6.42 Å². The van der Waals surface area contributed by atoms with E-state index in [4.69, 9.17) is 5.11 Å². The van der Waals surface area contributed by atoms with Gasteiger partial charge >= 0.3 is 0 Å². The number of nitrogens with zero attached hydrogens (tertiary/aromatic N) is 1. The molecule has 0 aliphatic heterocycles. The molecule has 1 rings (SSSR count). The molecule has 1 aromatic rings. The van der Waals surface area contributed by atoms with Gasteiger partial charge in [0.15, 0.2) is 0 Å². The molecule has 1 N–H and O–H groups in total. The topological polar surface area (TPSA) is 34.3 Å². The second-order valence-electron chi connectivity index (χ2n) is 2.46. The smallest absolute Gasteiger partial charge is 0.115 e. The van der Waals surface area contributed by atoms with Gasteiger partial charge in [-0.25, -0.2) is 5.32 Å². The van der Waals surface area contributed by atoms with Crippen LogP contribution in [0.1, 0.15) is 5.56 Å². The van der Waals surface area contributed by atoms with Crippen molar-refractivity contribution in [3.63, 3.8) is 0 Å². The van der Waals surface area contributed by atoms with Crippen LogP contribution in [0.3, 0.4) is 0 Å². The zero-order valence-corrected chi connectivity index (χ0v) is 6.62. The van der Waals surface area contributed by atoms with Gasteiger partial charge in [-0.2, -0.15) is 0 Å². The fourth-order valence-electron chi connectivity index (χ4n) is 0.904. The summed E-state index contributed by atoms with van der Waals surface area (Å²) in [7, 11) is 1.81. The predicted molar refractivity (Wildman–Crippen MR) is 44.7 cm³/mol. The average molecular weight is 150 g/mol. The van der Waals surface area contributed by atoms with Gasteiger partial charge in [0, 0.05) is 13.6 Å². The Labute approximate surface area is 66.9 Å². The lowest BCUT2D eigenvalue weighted by atomic mass is 10.1. The average Bonchev–Trinajstić information content (AvgIpc) is 2.04. The van der Waals surface area contributed by atoms with Crippen LogP contribution >= 0.6 is 0 Å². The highest BCUT2D eigenvalue weighted by Gasteiger charge is 1.91. The maximum absolute atomic E-state index is 8.96. The van der Waals surface area contributed by atoms with Gasteiger partial charge in [0.2, 0.25) is 0 Å². The number of phenolic OH excluding ortho intramolecular Hbond substituents is 1. The minimum atomic E-state index is 0.321. The molecule has 0 amide bonds. The zero-order chi connectivity index (χ0) is 8.10. The van der Waals surface area contributed by atoms with Crippen molar-refractivity contribution in [3.05, 3.63) is 29.8 Å². The Morgan fingerprint density at radius 3 is 2.45 bits per heavy atom. The predicted octanol–water partition coefficient (Wildman–Crippen LogP) is 1.17. The highest BCUT2D eigenvalue weighted by molar-refractivity contribution is 5.25. The van der Waals surface area contributed by atoms with E-state index in [-0.39, 0.29) is 0 Å². The van der Waals surface area contributed by atoms with Gasteiger partial charge in [-0.1, -0.05) is 12.1 Å². The molecule has 2 nitrogen and oxygen atoms in total. The van der Waals surface area contributed by atoms with Crippen molar-refractivity contribution in [2.24, 2.45) is 0 Å². The number of benzene rings is 1. The number of rotatable bonds is 3. The van der Waals surface area contributed by atoms with Crippen LogP contribution in [0.2, 0.25) is 0 Å². The number of hydrogen-bond acceptors (Lipinski definition) is 1. The van der Waals surface area contributed by atoms with E-state index < -0.39 is 0 Å². The van der Waals surface area contributed by atoms with E-state index in [1.807, 2.05) is 12.1 Å². The number of likely N-dealkylation sites (N-methyl/N-ethyl adjacent to an activating group) is 1. The van der Waals surface area contributed by atoms with Crippen LogP contribution in [0.15, 0.2) is 24.3 Å². The van der Waals surface area contributed by atoms with Crippen LogP contribution in [-0.4, -0.2) is 18.7 Å². The van der Waals surface area contributed by atoms with E-state index in [2.05, 4.69) is 5.32 Å². The molecule has 0 fully saturated rings. The normalized spacial score (nSPS) is 9.91. The van der Waals surface area contributed by atoms with Crippen molar-refractivity contribution in [2.45, 2.75) is 6.42 Å². The molecule has 0 aromatic heterocycles. The van der Waals surface area contributed by atoms with Crippen LogP contribution in [0, 0.1) is 0 Å². The molecule has 0 aliphatic carbocycles. The van der Waals surface area contributed by atoms with Gasteiger partial charge in [-0.15, -0.1) is 0 Å². The van der Waals surface area contributed by atoms with Gasteiger partial charge < -0.3 is 5.11 Å². The maximum atomic E-state index is 8.96. The molecule has 0 aliphatic rings. The Kier molecular flexibility index (Phi) is 2.93. The Morgan fingerprint density at radius 2 is 1.91 bits per heavy atom. The lowest BCUT2D eigenvalue weighted by Gasteiger charge is -1.98. The summed E-state index contributed by atoms with van der Waals surface area (Å²) in [4.78, 5) is 0. The summed E-state index contributed by atoms with van der Waals surface area (Å²) in [6, 6.07) is 7.23. The zero-order valence-electron chi connectivity index (χ0n) is 6.62. The van der Waals surface area contributed by atoms with Gasteiger partial charge in [0.25, 0.3) is 0 Å². The van der Waals surface area contributed by atoms with Crippen molar-refractivity contribution in [1.82, 2.24) is 5.32 Å². The van der Waals surface area contributed by atoms with Crippen molar-refractivity contribution in [3.8, 4) is 5.75 Å². The molecular weight excluding hydrogens is 138 g/mol. The highest BCUT2D eigenvalue weighted by atomic mass is 16.3. The van der Waals surface area contributed by atoms with Crippen LogP contribution in [0.5, 0.6) is 5.75 Å². The fourth-order valence-corrected chi connectivity index (χ4v) is 0.904. The molecule has 0 heterocycles. The molecule has 0 unspecified atom stereocenters. The Bertz CT molecular complexity index is 205. The number of aromatic hydroxyl groups is 1. The third-order valence-corrected chi connectivity index (χ3v) is 1.56. The maximum Gasteiger partial charge on any atom is 0.115 e. The molecular formula is C9H12NO. The van der Waals surface area contributed by atoms with Crippen LogP contribution in [0.4, 0.5) is 0 Å². The third kappa shape index (κ3) is 2.60. The standard InChI is InChI=1S/C9H12NO/c1-10-7-6-8-2-4-9(11)5-3-8/h2-5,11H,6-7H2,1H3. The number of hydrogen-bond donors (Lipinski definition) is 1. The van der Waals surface area contributed by atoms with E-state index in [1.165, 1.54) is 5.56 Å². The molecule has 1 aromatic carbocycles. The van der Waals surface area contributed by atoms with E-state index in [0.29, 0.717) is 5.75 Å². The first-order valence-electron chi connectivity index (χ1n) is 3.66. The first-order valence-corrected chi connectivity index (χ1v) is 3.66. The summed E-state index contributed by atoms with van der Waals surface area (Å²) < 4.78 is 0. The van der Waals surface area contributed by atoms with Crippen molar-refractivity contribution in [1.29, 1.82) is 0 Å². The van der Waals surface area contributed by atoms with Crippen molar-refractivity contribution >= 4 is 0 Å². The van der Waals surface area contributed by atoms with Gasteiger partial charge in [0.05, 0.1) is 0 Å². The minimum Gasteiger partial charge on any atom is -0.508 e. The first-order chi connectivity index (χ1) is 5.33. The monoisotopic (exact) mass is 150 g/mol. The van der Waals surface area contributed by atoms with Gasteiger partial charge in [-0.05, 0) is 24.1 Å². The van der Waals surface area contributed by atoms with Crippen molar-refractivity contribution in [2.75, 3.05) is 13.6 Å². The quantitative estimate of drug-likeness (QED) is 0.689. The lowest BCUT2D eigenvalue weighted by molar-refractivity contribution is 0.475.